The van der Waals surface area contributed by atoms with Crippen LogP contribution in [0.2, 0.25) is 0 Å². The molecule has 3 nitrogen and oxygen atoms in total. The van der Waals surface area contributed by atoms with Gasteiger partial charge in [-0.05, 0) is 36.9 Å². The van der Waals surface area contributed by atoms with Crippen molar-refractivity contribution in [2.24, 2.45) is 0 Å². The highest BCUT2D eigenvalue weighted by Gasteiger charge is 2.28. The molecule has 0 N–H and O–H groups in total. The van der Waals surface area contributed by atoms with E-state index in [2.05, 4.69) is 0 Å². The molecule has 0 saturated carbocycles. The van der Waals surface area contributed by atoms with Gasteiger partial charge in [0.1, 0.15) is 0 Å². The summed E-state index contributed by atoms with van der Waals surface area (Å²) < 4.78 is 49.9. The molecule has 3 heteroatoms. The van der Waals surface area contributed by atoms with Crippen LogP contribution in [0.15, 0.2) is 60.7 Å². The van der Waals surface area contributed by atoms with Gasteiger partial charge < -0.3 is 9.80 Å². The number of aryl methyl sites for hydroxylation is 1. The van der Waals surface area contributed by atoms with Crippen molar-refractivity contribution in [2.75, 3.05) is 24.5 Å². The molecule has 1 aliphatic rings. The molecule has 0 unspecified atom stereocenters. The molecule has 0 radical (unpaired) electrons. The molecular formula is C22H28N2O. The Morgan fingerprint density at radius 2 is 1.68 bits per heavy atom. The number of piperidine rings is 1. The summed E-state index contributed by atoms with van der Waals surface area (Å²) in [4.78, 5) is 15.9. The van der Waals surface area contributed by atoms with E-state index in [1.54, 1.807) is 54.6 Å². The van der Waals surface area contributed by atoms with Gasteiger partial charge in [-0.1, -0.05) is 55.5 Å². The third kappa shape index (κ3) is 4.70. The van der Waals surface area contributed by atoms with Gasteiger partial charge in [0.25, 0.3) is 0 Å². The second kappa shape index (κ2) is 8.82. The highest BCUT2D eigenvalue weighted by Crippen LogP contribution is 2.24. The van der Waals surface area contributed by atoms with Crippen molar-refractivity contribution in [2.45, 2.75) is 38.6 Å². The van der Waals surface area contributed by atoms with E-state index >= 15 is 0 Å². The van der Waals surface area contributed by atoms with E-state index in [-0.39, 0.29) is 24.7 Å². The highest BCUT2D eigenvalue weighted by molar-refractivity contribution is 5.93. The average molecular weight is 343 g/mol. The van der Waals surface area contributed by atoms with E-state index < -0.39 is 25.1 Å². The zero-order valence-corrected chi connectivity index (χ0v) is 14.5. The predicted molar refractivity (Wildman–Crippen MR) is 104 cm³/mol. The van der Waals surface area contributed by atoms with E-state index in [0.29, 0.717) is 18.5 Å². The van der Waals surface area contributed by atoms with Gasteiger partial charge in [-0.3, -0.25) is 4.79 Å². The maximum atomic E-state index is 12.9. The number of hydrogen-bond acceptors (Lipinski definition) is 2. The SMILES string of the molecule is [2H]C([2H])(C)C(=O)N(c1ccccc1)C1CCN(C([2H])([2H])C([2H])([2H])c2ccccc2)CC1. The summed E-state index contributed by atoms with van der Waals surface area (Å²) in [5.41, 5.74) is 0.890. The Morgan fingerprint density at radius 1 is 1.08 bits per heavy atom. The molecule has 1 heterocycles. The fraction of sp³-hybridized carbons (Fsp3) is 0.409. The maximum Gasteiger partial charge on any atom is 0.226 e. The number of carbonyl (C=O) groups excluding carboxylic acids is 1. The van der Waals surface area contributed by atoms with E-state index in [0.717, 1.165) is 0 Å². The maximum absolute atomic E-state index is 12.9. The van der Waals surface area contributed by atoms with Crippen molar-refractivity contribution in [3.8, 4) is 0 Å². The van der Waals surface area contributed by atoms with Gasteiger partial charge in [-0.25, -0.2) is 0 Å². The number of hydrogen-bond donors (Lipinski definition) is 0. The van der Waals surface area contributed by atoms with Crippen LogP contribution in [0.25, 0.3) is 0 Å². The molecule has 0 bridgehead atoms. The van der Waals surface area contributed by atoms with Crippen LogP contribution in [0, 0.1) is 0 Å². The summed E-state index contributed by atoms with van der Waals surface area (Å²) >= 11 is 0. The van der Waals surface area contributed by atoms with Crippen molar-refractivity contribution in [3.63, 3.8) is 0 Å². The lowest BCUT2D eigenvalue weighted by molar-refractivity contribution is -0.119. The Kier molecular flexibility index (Phi) is 4.05. The van der Waals surface area contributed by atoms with Crippen LogP contribution in [0.5, 0.6) is 0 Å². The summed E-state index contributed by atoms with van der Waals surface area (Å²) in [6.45, 7) is -0.478. The number of carbonyl (C=O) groups is 1. The van der Waals surface area contributed by atoms with E-state index in [1.807, 2.05) is 6.07 Å². The number of para-hydroxylation sites is 1. The fourth-order valence-corrected chi connectivity index (χ4v) is 3.10. The Bertz CT molecular complexity index is 878. The number of likely N-dealkylation sites (tertiary alicyclic amines) is 1. The molecule has 2 aromatic rings. The van der Waals surface area contributed by atoms with Crippen LogP contribution in [0.3, 0.4) is 0 Å². The minimum absolute atomic E-state index is 0.257. The van der Waals surface area contributed by atoms with Crippen molar-refractivity contribution in [1.29, 1.82) is 0 Å². The van der Waals surface area contributed by atoms with Crippen molar-refractivity contribution >= 4 is 11.6 Å². The van der Waals surface area contributed by atoms with E-state index in [9.17, 15) is 4.79 Å². The number of benzene rings is 2. The molecule has 0 spiro atoms. The lowest BCUT2D eigenvalue weighted by Gasteiger charge is -2.38. The summed E-state index contributed by atoms with van der Waals surface area (Å²) in [7, 11) is 0. The van der Waals surface area contributed by atoms with Crippen LogP contribution in [-0.2, 0) is 11.2 Å². The van der Waals surface area contributed by atoms with Crippen LogP contribution < -0.4 is 4.90 Å². The monoisotopic (exact) mass is 342 g/mol. The number of amides is 1. The third-order valence-electron chi connectivity index (χ3n) is 4.43. The van der Waals surface area contributed by atoms with Crippen LogP contribution in [0.1, 0.15) is 39.9 Å². The molecule has 0 atom stereocenters. The van der Waals surface area contributed by atoms with Gasteiger partial charge in [0.05, 0.1) is 0 Å². The van der Waals surface area contributed by atoms with Gasteiger partial charge >= 0.3 is 0 Å². The van der Waals surface area contributed by atoms with E-state index in [4.69, 9.17) is 8.22 Å². The second-order valence-electron chi connectivity index (χ2n) is 6.08. The smallest absolute Gasteiger partial charge is 0.226 e. The quantitative estimate of drug-likeness (QED) is 0.788. The van der Waals surface area contributed by atoms with Crippen molar-refractivity contribution in [3.05, 3.63) is 66.2 Å². The van der Waals surface area contributed by atoms with Crippen LogP contribution >= 0.6 is 0 Å². The summed E-state index contributed by atoms with van der Waals surface area (Å²) in [5, 5.41) is 0. The van der Waals surface area contributed by atoms with Gasteiger partial charge in [0.2, 0.25) is 5.91 Å². The first kappa shape index (κ1) is 11.5. The van der Waals surface area contributed by atoms with Gasteiger partial charge in [-0.2, -0.15) is 0 Å². The molecule has 132 valence electrons. The van der Waals surface area contributed by atoms with Gasteiger partial charge in [0, 0.05) is 45.9 Å². The van der Waals surface area contributed by atoms with Gasteiger partial charge in [0.15, 0.2) is 0 Å². The summed E-state index contributed by atoms with van der Waals surface area (Å²) in [6.07, 6.45) is -3.41. The molecule has 0 aromatic heterocycles. The third-order valence-corrected chi connectivity index (χ3v) is 4.43. The number of nitrogens with zero attached hydrogens (tertiary/aromatic N) is 2. The van der Waals surface area contributed by atoms with Crippen LogP contribution in [0.4, 0.5) is 5.69 Å². The Balaban J connectivity index is 1.80. The molecular weight excluding hydrogens is 308 g/mol. The summed E-state index contributed by atoms with van der Waals surface area (Å²) in [5.74, 6) is -0.625. The lowest BCUT2D eigenvalue weighted by Crippen LogP contribution is -2.47. The molecule has 1 amide bonds. The predicted octanol–water partition coefficient (Wildman–Crippen LogP) is 4.14. The topological polar surface area (TPSA) is 23.6 Å². The first-order valence-corrected chi connectivity index (χ1v) is 8.65. The Hall–Kier alpha value is -2.13. The molecule has 3 rings (SSSR count). The first-order chi connectivity index (χ1) is 14.5. The largest absolute Gasteiger partial charge is 0.309 e. The number of anilines is 1. The van der Waals surface area contributed by atoms with Crippen LogP contribution in [-0.4, -0.2) is 36.4 Å². The highest BCUT2D eigenvalue weighted by atomic mass is 16.2. The summed E-state index contributed by atoms with van der Waals surface area (Å²) in [6, 6.07) is 17.0. The minimum Gasteiger partial charge on any atom is -0.309 e. The molecule has 2 aromatic carbocycles. The van der Waals surface area contributed by atoms with Crippen molar-refractivity contribution in [1.82, 2.24) is 4.90 Å². The Labute approximate surface area is 159 Å². The van der Waals surface area contributed by atoms with Crippen molar-refractivity contribution < 1.29 is 13.0 Å². The Morgan fingerprint density at radius 3 is 2.28 bits per heavy atom. The molecule has 1 saturated heterocycles. The average Bonchev–Trinajstić information content (AvgIpc) is 2.75. The molecule has 1 aliphatic heterocycles. The van der Waals surface area contributed by atoms with Gasteiger partial charge in [-0.15, -0.1) is 0 Å². The van der Waals surface area contributed by atoms with E-state index in [1.165, 1.54) is 16.7 Å². The molecule has 1 fully saturated rings. The fourth-order valence-electron chi connectivity index (χ4n) is 3.10. The molecule has 0 aliphatic carbocycles. The molecule has 25 heavy (non-hydrogen) atoms. The standard InChI is InChI=1S/C22H28N2O/c1-2-22(25)24(20-11-7-4-8-12-20)21-14-17-23(18-15-21)16-13-19-9-5-3-6-10-19/h3-12,21H,2,13-18H2,1H3/i2D2,13D2,16D2. The second-order valence-corrected chi connectivity index (χ2v) is 6.08. The first-order valence-electron chi connectivity index (χ1n) is 11.7. The minimum atomic E-state index is -2.24. The number of rotatable bonds is 6. The zero-order valence-electron chi connectivity index (χ0n) is 20.5. The normalized spacial score (nSPS) is 21.2. The lowest BCUT2D eigenvalue weighted by atomic mass is 10.0. The zero-order chi connectivity index (χ0) is 22.9.